The van der Waals surface area contributed by atoms with E-state index < -0.39 is 0 Å². The van der Waals surface area contributed by atoms with Crippen molar-refractivity contribution in [2.75, 3.05) is 24.7 Å². The third-order valence-electron chi connectivity index (χ3n) is 5.98. The summed E-state index contributed by atoms with van der Waals surface area (Å²) in [6.07, 6.45) is 4.26. The Hall–Kier alpha value is -1.95. The van der Waals surface area contributed by atoms with Crippen LogP contribution in [0, 0.1) is 17.7 Å². The normalized spacial score (nSPS) is 25.9. The minimum absolute atomic E-state index is 0.178. The van der Waals surface area contributed by atoms with Crippen molar-refractivity contribution in [1.29, 1.82) is 0 Å². The highest BCUT2D eigenvalue weighted by atomic mass is 19.1. The van der Waals surface area contributed by atoms with Gasteiger partial charge < -0.3 is 9.64 Å². The molecule has 0 spiro atoms. The summed E-state index contributed by atoms with van der Waals surface area (Å²) in [5, 5.41) is 9.03. The zero-order valence-corrected chi connectivity index (χ0v) is 16.3. The summed E-state index contributed by atoms with van der Waals surface area (Å²) < 4.78 is 22.0. The van der Waals surface area contributed by atoms with Gasteiger partial charge in [-0.15, -0.1) is 10.2 Å². The van der Waals surface area contributed by atoms with Gasteiger partial charge in [0.25, 0.3) is 0 Å². The molecule has 0 N–H and O–H groups in total. The molecule has 1 aromatic heterocycles. The summed E-state index contributed by atoms with van der Waals surface area (Å²) in [4.78, 5) is 2.29. The average Bonchev–Trinajstić information content (AvgIpc) is 3.24. The fraction of sp³-hybridized carbons (Fsp3) is 0.619. The summed E-state index contributed by atoms with van der Waals surface area (Å²) in [5.74, 6) is 3.02. The van der Waals surface area contributed by atoms with Crippen LogP contribution in [0.15, 0.2) is 24.3 Å². The number of aromatic nitrogens is 3. The quantitative estimate of drug-likeness (QED) is 0.803. The molecule has 2 fully saturated rings. The highest BCUT2D eigenvalue weighted by Crippen LogP contribution is 2.33. The Morgan fingerprint density at radius 3 is 2.78 bits per heavy atom. The SMILES string of the molecule is CC1CCC(Cn2c(Cc3ccccc3F)nnc2N2CCOCC2C)C1. The second-order valence-corrected chi connectivity index (χ2v) is 8.20. The number of anilines is 1. The van der Waals surface area contributed by atoms with Crippen LogP contribution in [0.4, 0.5) is 10.3 Å². The molecule has 2 aromatic rings. The van der Waals surface area contributed by atoms with Crippen LogP contribution < -0.4 is 4.90 Å². The smallest absolute Gasteiger partial charge is 0.227 e. The second-order valence-electron chi connectivity index (χ2n) is 8.20. The minimum Gasteiger partial charge on any atom is -0.377 e. The summed E-state index contributed by atoms with van der Waals surface area (Å²) in [7, 11) is 0. The molecule has 5 nitrogen and oxygen atoms in total. The van der Waals surface area contributed by atoms with Crippen LogP contribution >= 0.6 is 0 Å². The third-order valence-corrected chi connectivity index (χ3v) is 5.98. The number of hydrogen-bond acceptors (Lipinski definition) is 4. The van der Waals surface area contributed by atoms with Crippen LogP contribution in [0.5, 0.6) is 0 Å². The van der Waals surface area contributed by atoms with Gasteiger partial charge in [-0.3, -0.25) is 4.57 Å². The molecule has 6 heteroatoms. The predicted molar refractivity (Wildman–Crippen MR) is 103 cm³/mol. The number of hydrogen-bond donors (Lipinski definition) is 0. The van der Waals surface area contributed by atoms with E-state index in [1.165, 1.54) is 25.3 Å². The fourth-order valence-electron chi connectivity index (χ4n) is 4.44. The number of halogens is 1. The van der Waals surface area contributed by atoms with Crippen molar-refractivity contribution in [3.8, 4) is 0 Å². The van der Waals surface area contributed by atoms with Gasteiger partial charge in [0.1, 0.15) is 11.6 Å². The van der Waals surface area contributed by atoms with Gasteiger partial charge in [-0.25, -0.2) is 4.39 Å². The number of nitrogens with zero attached hydrogens (tertiary/aromatic N) is 4. The first-order valence-corrected chi connectivity index (χ1v) is 10.1. The van der Waals surface area contributed by atoms with Crippen molar-refractivity contribution in [2.45, 2.75) is 52.1 Å². The monoisotopic (exact) mass is 372 g/mol. The van der Waals surface area contributed by atoms with Gasteiger partial charge >= 0.3 is 0 Å². The van der Waals surface area contributed by atoms with Crippen molar-refractivity contribution < 1.29 is 9.13 Å². The topological polar surface area (TPSA) is 43.2 Å². The number of morpholine rings is 1. The van der Waals surface area contributed by atoms with Crippen molar-refractivity contribution >= 4 is 5.95 Å². The van der Waals surface area contributed by atoms with Gasteiger partial charge in [0.15, 0.2) is 0 Å². The summed E-state index contributed by atoms with van der Waals surface area (Å²) in [6.45, 7) is 7.64. The molecular weight excluding hydrogens is 343 g/mol. The zero-order chi connectivity index (χ0) is 18.8. The molecule has 3 unspecified atom stereocenters. The molecule has 1 saturated carbocycles. The van der Waals surface area contributed by atoms with Crippen LogP contribution in [0.3, 0.4) is 0 Å². The number of rotatable bonds is 5. The van der Waals surface area contributed by atoms with Crippen molar-refractivity contribution in [3.63, 3.8) is 0 Å². The zero-order valence-electron chi connectivity index (χ0n) is 16.3. The average molecular weight is 372 g/mol. The largest absolute Gasteiger partial charge is 0.377 e. The molecule has 1 saturated heterocycles. The van der Waals surface area contributed by atoms with E-state index in [1.54, 1.807) is 6.07 Å². The van der Waals surface area contributed by atoms with Gasteiger partial charge in [0.2, 0.25) is 5.95 Å². The molecule has 0 radical (unpaired) electrons. The van der Waals surface area contributed by atoms with Gasteiger partial charge in [-0.05, 0) is 43.2 Å². The number of ether oxygens (including phenoxy) is 1. The standard InChI is InChI=1S/C21H29FN4O/c1-15-7-8-17(11-15)13-26-20(12-18-5-3-4-6-19(18)22)23-24-21(26)25-9-10-27-14-16(25)2/h3-6,15-17H,7-14H2,1-2H3. The molecular formula is C21H29FN4O. The lowest BCUT2D eigenvalue weighted by Gasteiger charge is -2.34. The molecule has 3 atom stereocenters. The van der Waals surface area contributed by atoms with Gasteiger partial charge in [-0.2, -0.15) is 0 Å². The fourth-order valence-corrected chi connectivity index (χ4v) is 4.44. The van der Waals surface area contributed by atoms with Crippen LogP contribution in [0.1, 0.15) is 44.5 Å². The van der Waals surface area contributed by atoms with E-state index in [4.69, 9.17) is 4.74 Å². The van der Waals surface area contributed by atoms with Crippen LogP contribution in [-0.4, -0.2) is 40.6 Å². The first-order valence-electron chi connectivity index (χ1n) is 10.1. The van der Waals surface area contributed by atoms with Crippen molar-refractivity contribution in [1.82, 2.24) is 14.8 Å². The molecule has 27 heavy (non-hydrogen) atoms. The molecule has 146 valence electrons. The van der Waals surface area contributed by atoms with E-state index in [0.717, 1.165) is 30.8 Å². The Morgan fingerprint density at radius 2 is 2.04 bits per heavy atom. The van der Waals surface area contributed by atoms with Gasteiger partial charge in [0.05, 0.1) is 19.3 Å². The number of benzene rings is 1. The molecule has 1 aromatic carbocycles. The van der Waals surface area contributed by atoms with Crippen molar-refractivity contribution in [2.24, 2.45) is 11.8 Å². The Balaban J connectivity index is 1.64. The van der Waals surface area contributed by atoms with Crippen LogP contribution in [0.2, 0.25) is 0 Å². The molecule has 1 aliphatic carbocycles. The van der Waals surface area contributed by atoms with E-state index in [9.17, 15) is 4.39 Å². The summed E-state index contributed by atoms with van der Waals surface area (Å²) in [6, 6.07) is 7.22. The third kappa shape index (κ3) is 4.00. The predicted octanol–water partition coefficient (Wildman–Crippen LogP) is 3.67. The maximum atomic E-state index is 14.2. The van der Waals surface area contributed by atoms with E-state index in [2.05, 4.69) is 33.5 Å². The lowest BCUT2D eigenvalue weighted by atomic mass is 10.1. The highest BCUT2D eigenvalue weighted by Gasteiger charge is 2.29. The second kappa shape index (κ2) is 7.97. The Labute approximate surface area is 160 Å². The first kappa shape index (κ1) is 18.4. The van der Waals surface area contributed by atoms with E-state index in [0.29, 0.717) is 31.1 Å². The molecule has 0 amide bonds. The van der Waals surface area contributed by atoms with E-state index in [1.807, 2.05) is 12.1 Å². The Morgan fingerprint density at radius 1 is 1.19 bits per heavy atom. The molecule has 0 bridgehead atoms. The molecule has 4 rings (SSSR count). The Bertz CT molecular complexity index is 777. The lowest BCUT2D eigenvalue weighted by molar-refractivity contribution is 0.0975. The van der Waals surface area contributed by atoms with Gasteiger partial charge in [-0.1, -0.05) is 31.5 Å². The van der Waals surface area contributed by atoms with Crippen molar-refractivity contribution in [3.05, 3.63) is 41.5 Å². The maximum absolute atomic E-state index is 14.2. The summed E-state index contributed by atoms with van der Waals surface area (Å²) in [5.41, 5.74) is 0.674. The molecule has 2 aliphatic rings. The lowest BCUT2D eigenvalue weighted by Crippen LogP contribution is -2.45. The Kier molecular flexibility index (Phi) is 5.43. The minimum atomic E-state index is -0.178. The molecule has 2 heterocycles. The van der Waals surface area contributed by atoms with E-state index >= 15 is 0 Å². The maximum Gasteiger partial charge on any atom is 0.227 e. The van der Waals surface area contributed by atoms with Gasteiger partial charge in [0, 0.05) is 19.5 Å². The molecule has 1 aliphatic heterocycles. The highest BCUT2D eigenvalue weighted by molar-refractivity contribution is 5.35. The first-order chi connectivity index (χ1) is 13.1. The van der Waals surface area contributed by atoms with Crippen LogP contribution in [-0.2, 0) is 17.7 Å². The van der Waals surface area contributed by atoms with Crippen LogP contribution in [0.25, 0.3) is 0 Å². The van der Waals surface area contributed by atoms with E-state index in [-0.39, 0.29) is 11.9 Å². The summed E-state index contributed by atoms with van der Waals surface area (Å²) >= 11 is 0.